The molecule has 3 rings (SSSR count). The van der Waals surface area contributed by atoms with Crippen LogP contribution >= 0.6 is 11.6 Å². The SMILES string of the molecule is O=C(c1cnc(NCCC2CC2)c(Cl)c1)N1CCCCC1. The van der Waals surface area contributed by atoms with E-state index in [9.17, 15) is 4.79 Å². The number of halogens is 1. The average Bonchev–Trinajstić information content (AvgIpc) is 3.33. The molecule has 1 saturated heterocycles. The summed E-state index contributed by atoms with van der Waals surface area (Å²) < 4.78 is 0. The van der Waals surface area contributed by atoms with E-state index < -0.39 is 0 Å². The summed E-state index contributed by atoms with van der Waals surface area (Å²) in [5, 5.41) is 3.80. The molecule has 1 aromatic heterocycles. The van der Waals surface area contributed by atoms with Crippen LogP contribution in [0.15, 0.2) is 12.3 Å². The number of aromatic nitrogens is 1. The third-order valence-corrected chi connectivity index (χ3v) is 4.56. The van der Waals surface area contributed by atoms with Crippen LogP contribution in [-0.2, 0) is 0 Å². The second kappa shape index (κ2) is 6.65. The summed E-state index contributed by atoms with van der Waals surface area (Å²) in [6, 6.07) is 1.74. The third-order valence-electron chi connectivity index (χ3n) is 4.27. The van der Waals surface area contributed by atoms with Crippen molar-refractivity contribution in [2.75, 3.05) is 25.0 Å². The molecule has 2 heterocycles. The van der Waals surface area contributed by atoms with Gasteiger partial charge in [-0.05, 0) is 37.7 Å². The number of rotatable bonds is 5. The van der Waals surface area contributed by atoms with Crippen molar-refractivity contribution in [2.45, 2.75) is 38.5 Å². The number of piperidine rings is 1. The molecule has 2 fully saturated rings. The predicted octanol–water partition coefficient (Wildman–Crippen LogP) is 3.57. The molecule has 0 aromatic carbocycles. The zero-order valence-corrected chi connectivity index (χ0v) is 13.0. The Kier molecular flexibility index (Phi) is 4.63. The summed E-state index contributed by atoms with van der Waals surface area (Å²) in [4.78, 5) is 18.6. The molecule has 2 aliphatic rings. The summed E-state index contributed by atoms with van der Waals surface area (Å²) in [6.45, 7) is 2.59. The number of hydrogen-bond acceptors (Lipinski definition) is 3. The van der Waals surface area contributed by atoms with Crippen LogP contribution in [0.4, 0.5) is 5.82 Å². The minimum atomic E-state index is 0.0497. The van der Waals surface area contributed by atoms with Crippen molar-refractivity contribution >= 4 is 23.3 Å². The van der Waals surface area contributed by atoms with Crippen LogP contribution in [0.1, 0.15) is 48.9 Å². The van der Waals surface area contributed by atoms with E-state index in [-0.39, 0.29) is 5.91 Å². The fourth-order valence-electron chi connectivity index (χ4n) is 2.77. The summed E-state index contributed by atoms with van der Waals surface area (Å²) in [5.74, 6) is 1.62. The van der Waals surface area contributed by atoms with Gasteiger partial charge in [-0.3, -0.25) is 4.79 Å². The van der Waals surface area contributed by atoms with E-state index in [2.05, 4.69) is 10.3 Å². The molecule has 0 spiro atoms. The summed E-state index contributed by atoms with van der Waals surface area (Å²) in [7, 11) is 0. The Morgan fingerprint density at radius 2 is 2.10 bits per heavy atom. The first-order valence-corrected chi connectivity index (χ1v) is 8.30. The van der Waals surface area contributed by atoms with Gasteiger partial charge in [0.05, 0.1) is 10.6 Å². The van der Waals surface area contributed by atoms with Gasteiger partial charge in [-0.1, -0.05) is 24.4 Å². The first-order valence-electron chi connectivity index (χ1n) is 7.93. The normalized spacial score (nSPS) is 18.6. The van der Waals surface area contributed by atoms with Crippen LogP contribution in [0.25, 0.3) is 0 Å². The molecule has 0 radical (unpaired) electrons. The highest BCUT2D eigenvalue weighted by Gasteiger charge is 2.21. The average molecular weight is 308 g/mol. The van der Waals surface area contributed by atoms with Crippen LogP contribution in [0, 0.1) is 5.92 Å². The molecule has 114 valence electrons. The Labute approximate surface area is 130 Å². The first-order chi connectivity index (χ1) is 10.2. The van der Waals surface area contributed by atoms with Crippen molar-refractivity contribution in [2.24, 2.45) is 5.92 Å². The fraction of sp³-hybridized carbons (Fsp3) is 0.625. The van der Waals surface area contributed by atoms with E-state index in [1.807, 2.05) is 4.90 Å². The standard InChI is InChI=1S/C16H22ClN3O/c17-14-10-13(16(21)20-8-2-1-3-9-20)11-19-15(14)18-7-6-12-4-5-12/h10-12H,1-9H2,(H,18,19). The van der Waals surface area contributed by atoms with E-state index in [1.54, 1.807) is 12.3 Å². The molecule has 1 saturated carbocycles. The van der Waals surface area contributed by atoms with Gasteiger partial charge in [0, 0.05) is 25.8 Å². The lowest BCUT2D eigenvalue weighted by Gasteiger charge is -2.26. The monoisotopic (exact) mass is 307 g/mol. The number of carbonyl (C=O) groups excluding carboxylic acids is 1. The topological polar surface area (TPSA) is 45.2 Å². The van der Waals surface area contributed by atoms with Crippen LogP contribution in [0.2, 0.25) is 5.02 Å². The maximum atomic E-state index is 12.4. The van der Waals surface area contributed by atoms with Crippen molar-refractivity contribution in [1.82, 2.24) is 9.88 Å². The van der Waals surface area contributed by atoms with E-state index in [4.69, 9.17) is 11.6 Å². The number of amides is 1. The summed E-state index contributed by atoms with van der Waals surface area (Å²) in [6.07, 6.45) is 8.92. The number of pyridine rings is 1. The summed E-state index contributed by atoms with van der Waals surface area (Å²) in [5.41, 5.74) is 0.592. The number of likely N-dealkylation sites (tertiary alicyclic amines) is 1. The third kappa shape index (κ3) is 3.88. The highest BCUT2D eigenvalue weighted by molar-refractivity contribution is 6.33. The lowest BCUT2D eigenvalue weighted by Crippen LogP contribution is -2.35. The van der Waals surface area contributed by atoms with Crippen LogP contribution in [-0.4, -0.2) is 35.4 Å². The van der Waals surface area contributed by atoms with Crippen molar-refractivity contribution in [1.29, 1.82) is 0 Å². The highest BCUT2D eigenvalue weighted by Crippen LogP contribution is 2.32. The molecule has 1 aliphatic carbocycles. The lowest BCUT2D eigenvalue weighted by atomic mass is 10.1. The van der Waals surface area contributed by atoms with E-state index in [0.717, 1.165) is 38.4 Å². The molecule has 1 aliphatic heterocycles. The molecule has 0 unspecified atom stereocenters. The Balaban J connectivity index is 1.60. The van der Waals surface area contributed by atoms with E-state index in [1.165, 1.54) is 25.7 Å². The largest absolute Gasteiger partial charge is 0.369 e. The Hall–Kier alpha value is -1.29. The highest BCUT2D eigenvalue weighted by atomic mass is 35.5. The van der Waals surface area contributed by atoms with Gasteiger partial charge >= 0.3 is 0 Å². The molecule has 1 aromatic rings. The lowest BCUT2D eigenvalue weighted by molar-refractivity contribution is 0.0724. The molecule has 21 heavy (non-hydrogen) atoms. The van der Waals surface area contributed by atoms with Crippen LogP contribution in [0.5, 0.6) is 0 Å². The molecular weight excluding hydrogens is 286 g/mol. The van der Waals surface area contributed by atoms with Gasteiger partial charge in [-0.25, -0.2) is 4.98 Å². The number of carbonyl (C=O) groups is 1. The Bertz CT molecular complexity index is 510. The molecule has 5 heteroatoms. The van der Waals surface area contributed by atoms with Crippen molar-refractivity contribution in [3.05, 3.63) is 22.8 Å². The smallest absolute Gasteiger partial charge is 0.255 e. The minimum absolute atomic E-state index is 0.0497. The minimum Gasteiger partial charge on any atom is -0.369 e. The van der Waals surface area contributed by atoms with Gasteiger partial charge in [-0.2, -0.15) is 0 Å². The van der Waals surface area contributed by atoms with Gasteiger partial charge in [0.2, 0.25) is 0 Å². The van der Waals surface area contributed by atoms with Gasteiger partial charge < -0.3 is 10.2 Å². The Morgan fingerprint density at radius 1 is 1.33 bits per heavy atom. The number of hydrogen-bond donors (Lipinski definition) is 1. The van der Waals surface area contributed by atoms with E-state index in [0.29, 0.717) is 16.4 Å². The van der Waals surface area contributed by atoms with Crippen molar-refractivity contribution < 1.29 is 4.79 Å². The fourth-order valence-corrected chi connectivity index (χ4v) is 3.00. The zero-order chi connectivity index (χ0) is 14.7. The zero-order valence-electron chi connectivity index (χ0n) is 12.3. The number of nitrogens with zero attached hydrogens (tertiary/aromatic N) is 2. The van der Waals surface area contributed by atoms with Gasteiger partial charge in [0.25, 0.3) is 5.91 Å². The maximum Gasteiger partial charge on any atom is 0.255 e. The predicted molar refractivity (Wildman–Crippen MR) is 84.8 cm³/mol. The van der Waals surface area contributed by atoms with Gasteiger partial charge in [0.15, 0.2) is 0 Å². The molecule has 4 nitrogen and oxygen atoms in total. The molecule has 0 atom stereocenters. The number of anilines is 1. The number of nitrogens with one attached hydrogen (secondary N) is 1. The molecule has 1 N–H and O–H groups in total. The second-order valence-corrected chi connectivity index (χ2v) is 6.47. The first kappa shape index (κ1) is 14.6. The molecular formula is C16H22ClN3O. The Morgan fingerprint density at radius 3 is 2.76 bits per heavy atom. The van der Waals surface area contributed by atoms with E-state index >= 15 is 0 Å². The van der Waals surface area contributed by atoms with Crippen LogP contribution < -0.4 is 5.32 Å². The quantitative estimate of drug-likeness (QED) is 0.904. The summed E-state index contributed by atoms with van der Waals surface area (Å²) >= 11 is 6.25. The van der Waals surface area contributed by atoms with Crippen molar-refractivity contribution in [3.63, 3.8) is 0 Å². The molecule has 0 bridgehead atoms. The van der Waals surface area contributed by atoms with Crippen LogP contribution in [0.3, 0.4) is 0 Å². The van der Waals surface area contributed by atoms with Gasteiger partial charge in [0.1, 0.15) is 5.82 Å². The van der Waals surface area contributed by atoms with Crippen molar-refractivity contribution in [3.8, 4) is 0 Å². The maximum absolute atomic E-state index is 12.4. The molecule has 1 amide bonds. The second-order valence-electron chi connectivity index (χ2n) is 6.07. The van der Waals surface area contributed by atoms with Gasteiger partial charge in [-0.15, -0.1) is 0 Å².